The predicted octanol–water partition coefficient (Wildman–Crippen LogP) is 7.39. The van der Waals surface area contributed by atoms with Gasteiger partial charge in [0.25, 0.3) is 0 Å². The van der Waals surface area contributed by atoms with Gasteiger partial charge >= 0.3 is 11.9 Å². The van der Waals surface area contributed by atoms with Gasteiger partial charge in [-0.05, 0) is 95.6 Å². The third kappa shape index (κ3) is 9.00. The number of carboxylic acids is 1. The molecule has 12 nitrogen and oxygen atoms in total. The minimum absolute atomic E-state index is 0.0191. The molecule has 0 unspecified atom stereocenters. The number of ether oxygens (including phenoxy) is 6. The Kier molecular flexibility index (Phi) is 14.8. The smallest absolute Gasteiger partial charge is 0.309 e. The van der Waals surface area contributed by atoms with Crippen molar-refractivity contribution < 1.29 is 58.1 Å². The van der Waals surface area contributed by atoms with E-state index in [0.717, 1.165) is 6.42 Å². The van der Waals surface area contributed by atoms with Crippen LogP contribution in [-0.4, -0.2) is 98.5 Å². The molecule has 58 heavy (non-hydrogen) atoms. The van der Waals surface area contributed by atoms with Crippen molar-refractivity contribution in [2.45, 2.75) is 213 Å². The van der Waals surface area contributed by atoms with Gasteiger partial charge in [0.1, 0.15) is 5.78 Å². The van der Waals surface area contributed by atoms with Gasteiger partial charge < -0.3 is 43.7 Å². The third-order valence-corrected chi connectivity index (χ3v) is 15.1. The average molecular weight is 821 g/mol. The lowest BCUT2D eigenvalue weighted by molar-refractivity contribution is -0.409. The zero-order valence-corrected chi connectivity index (χ0v) is 37.4. The number of carboxylic acid groups (broad SMARTS) is 1. The number of hydrogen-bond donors (Lipinski definition) is 3. The monoisotopic (exact) mass is 821 g/mol. The highest BCUT2D eigenvalue weighted by Gasteiger charge is 2.64. The number of aliphatic hydroxyl groups excluding tert-OH is 1. The van der Waals surface area contributed by atoms with Crippen LogP contribution in [0.5, 0.6) is 0 Å². The molecule has 5 heterocycles. The van der Waals surface area contributed by atoms with Crippen molar-refractivity contribution in [2.75, 3.05) is 0 Å². The number of aliphatic hydroxyl groups is 2. The Hall–Kier alpha value is -1.93. The summed E-state index contributed by atoms with van der Waals surface area (Å²) in [5.41, 5.74) is -1.72. The Morgan fingerprint density at radius 1 is 0.862 bits per heavy atom. The van der Waals surface area contributed by atoms with Crippen molar-refractivity contribution in [1.82, 2.24) is 0 Å². The topological polar surface area (TPSA) is 167 Å². The second kappa shape index (κ2) is 18.2. The molecule has 5 aliphatic rings. The molecule has 0 aromatic heterocycles. The summed E-state index contributed by atoms with van der Waals surface area (Å²) >= 11 is 0. The molecule has 0 amide bonds. The fourth-order valence-electron chi connectivity index (χ4n) is 10.9. The zero-order chi connectivity index (χ0) is 43.1. The summed E-state index contributed by atoms with van der Waals surface area (Å²) in [6, 6.07) is 0. The van der Waals surface area contributed by atoms with Crippen LogP contribution in [0.25, 0.3) is 0 Å². The van der Waals surface area contributed by atoms with E-state index in [-0.39, 0.29) is 41.5 Å². The lowest BCUT2D eigenvalue weighted by atomic mass is 9.72. The fourth-order valence-corrected chi connectivity index (χ4v) is 10.9. The summed E-state index contributed by atoms with van der Waals surface area (Å²) < 4.78 is 40.3. The van der Waals surface area contributed by atoms with Crippen LogP contribution in [0, 0.1) is 47.3 Å². The van der Waals surface area contributed by atoms with Crippen LogP contribution in [0.4, 0.5) is 0 Å². The molecule has 2 spiro atoms. The maximum atomic E-state index is 14.6. The summed E-state index contributed by atoms with van der Waals surface area (Å²) in [5, 5.41) is 32.8. The summed E-state index contributed by atoms with van der Waals surface area (Å²) in [6.45, 7) is 23.2. The maximum absolute atomic E-state index is 14.6. The Morgan fingerprint density at radius 2 is 1.53 bits per heavy atom. The minimum atomic E-state index is -1.39. The number of ketones is 1. The van der Waals surface area contributed by atoms with E-state index in [9.17, 15) is 29.7 Å². The van der Waals surface area contributed by atoms with E-state index in [4.69, 9.17) is 28.4 Å². The van der Waals surface area contributed by atoms with Gasteiger partial charge in [-0.1, -0.05) is 69.2 Å². The van der Waals surface area contributed by atoms with Crippen LogP contribution >= 0.6 is 0 Å². The molecular formula is C46H76O12. The Balaban J connectivity index is 1.38. The predicted molar refractivity (Wildman–Crippen MR) is 217 cm³/mol. The van der Waals surface area contributed by atoms with E-state index >= 15 is 0 Å². The Morgan fingerprint density at radius 3 is 2.12 bits per heavy atom. The van der Waals surface area contributed by atoms with Gasteiger partial charge in [0.15, 0.2) is 11.9 Å². The van der Waals surface area contributed by atoms with Crippen LogP contribution < -0.4 is 0 Å². The maximum Gasteiger partial charge on any atom is 0.309 e. The van der Waals surface area contributed by atoms with Crippen LogP contribution in [-0.2, 0) is 42.8 Å². The molecule has 4 fully saturated rings. The molecule has 12 heteroatoms. The molecule has 0 aliphatic carbocycles. The van der Waals surface area contributed by atoms with E-state index in [1.807, 2.05) is 53.7 Å². The van der Waals surface area contributed by atoms with Gasteiger partial charge in [-0.3, -0.25) is 14.4 Å². The van der Waals surface area contributed by atoms with Crippen molar-refractivity contribution in [3.8, 4) is 0 Å². The molecule has 332 valence electrons. The van der Waals surface area contributed by atoms with Gasteiger partial charge in [0, 0.05) is 30.1 Å². The third-order valence-electron chi connectivity index (χ3n) is 15.1. The van der Waals surface area contributed by atoms with E-state index in [2.05, 4.69) is 20.8 Å². The first-order valence-corrected chi connectivity index (χ1v) is 22.6. The highest BCUT2D eigenvalue weighted by molar-refractivity contribution is 5.84. The molecular weight excluding hydrogens is 744 g/mol. The van der Waals surface area contributed by atoms with E-state index < -0.39 is 89.0 Å². The number of rotatable bonds is 14. The number of aliphatic carboxylic acids is 1. The highest BCUT2D eigenvalue weighted by atomic mass is 16.8. The number of Topliss-reactive ketones (excluding diaryl/α,β-unsaturated/α-hetero) is 1. The first-order valence-electron chi connectivity index (χ1n) is 22.6. The largest absolute Gasteiger partial charge is 0.481 e. The first-order chi connectivity index (χ1) is 27.1. The van der Waals surface area contributed by atoms with Gasteiger partial charge in [-0.25, -0.2) is 0 Å². The second-order valence-electron chi connectivity index (χ2n) is 19.5. The molecule has 4 saturated heterocycles. The van der Waals surface area contributed by atoms with Gasteiger partial charge in [0.2, 0.25) is 5.79 Å². The van der Waals surface area contributed by atoms with Gasteiger partial charge in [-0.2, -0.15) is 0 Å². The van der Waals surface area contributed by atoms with Crippen molar-refractivity contribution in [3.63, 3.8) is 0 Å². The zero-order valence-electron chi connectivity index (χ0n) is 37.4. The van der Waals surface area contributed by atoms with Gasteiger partial charge in [-0.15, -0.1) is 0 Å². The lowest BCUT2D eigenvalue weighted by Gasteiger charge is -2.54. The summed E-state index contributed by atoms with van der Waals surface area (Å²) in [6.07, 6.45) is 5.50. The SMILES string of the molecule is CC[C@@H](C(=O)[C@@H](C)[C@@H](O)[C@H](C)[C@@H]1O[C@@H]([C@@H](CC)C(=O)O)CC[C@@H]1C)[C@H]1O[C@]2(C=C[C@H](OC(=O)C(C)C)[C@]3(CC[C@@](C)([C@H]4CC[C@](O)(CC)[C@H](C)O4)O3)O2)[C@H](C)C[C@@H]1C. The second-order valence-corrected chi connectivity index (χ2v) is 19.5. The minimum Gasteiger partial charge on any atom is -0.481 e. The highest BCUT2D eigenvalue weighted by Crippen LogP contribution is 2.54. The van der Waals surface area contributed by atoms with Crippen molar-refractivity contribution in [3.05, 3.63) is 12.2 Å². The van der Waals surface area contributed by atoms with Gasteiger partial charge in [0.05, 0.1) is 59.7 Å². The molecule has 3 N–H and O–H groups in total. The number of carbonyl (C=O) groups is 3. The van der Waals surface area contributed by atoms with Crippen LogP contribution in [0.1, 0.15) is 147 Å². The van der Waals surface area contributed by atoms with Crippen molar-refractivity contribution >= 4 is 17.7 Å². The summed E-state index contributed by atoms with van der Waals surface area (Å²) in [7, 11) is 0. The standard InChI is InChI=1S/C46H76O12/c1-13-32(41(49)50)34-17-16-26(6)39(54-34)30(10)37(47)29(9)38(48)33(14-2)40-27(7)24-28(8)45(56-40)21-19-36(55-42(51)25(4)5)46(58-45)23-22-43(12,57-46)35-18-20-44(52,15-3)31(11)53-35/h19,21,25-37,39-40,47,52H,13-18,20,22-24H2,1-12H3,(H,49,50)/t26-,27-,28+,29-,30-,31-,32+,33-,34+,35+,36-,37+,39+,40-,43-,44+,45-,46-/m0/s1. The number of carbonyl (C=O) groups excluding carboxylic acids is 2. The molecule has 0 aromatic rings. The summed E-state index contributed by atoms with van der Waals surface area (Å²) in [4.78, 5) is 39.7. The van der Waals surface area contributed by atoms with Crippen LogP contribution in [0.3, 0.4) is 0 Å². The quantitative estimate of drug-likeness (QED) is 0.118. The molecule has 0 bridgehead atoms. The molecule has 18 atom stereocenters. The van der Waals surface area contributed by atoms with Crippen molar-refractivity contribution in [1.29, 1.82) is 0 Å². The molecule has 0 saturated carbocycles. The first kappa shape index (κ1) is 47.1. The van der Waals surface area contributed by atoms with E-state index in [1.54, 1.807) is 20.8 Å². The van der Waals surface area contributed by atoms with E-state index in [0.29, 0.717) is 57.8 Å². The Labute approximate surface area is 347 Å². The fraction of sp³-hybridized carbons (Fsp3) is 0.891. The summed E-state index contributed by atoms with van der Waals surface area (Å²) in [5.74, 6) is -6.81. The van der Waals surface area contributed by atoms with Crippen LogP contribution in [0.15, 0.2) is 12.2 Å². The number of hydrogen-bond acceptors (Lipinski definition) is 11. The van der Waals surface area contributed by atoms with Crippen LogP contribution in [0.2, 0.25) is 0 Å². The molecule has 0 aromatic carbocycles. The normalized spacial score (nSPS) is 43.2. The molecule has 5 rings (SSSR count). The number of esters is 1. The Bertz CT molecular complexity index is 1480. The average Bonchev–Trinajstić information content (AvgIpc) is 3.52. The molecule has 0 radical (unpaired) electrons. The van der Waals surface area contributed by atoms with E-state index in [1.165, 1.54) is 0 Å². The lowest BCUT2D eigenvalue weighted by Crippen LogP contribution is -2.63. The van der Waals surface area contributed by atoms with Crippen molar-refractivity contribution in [2.24, 2.45) is 47.3 Å². The molecule has 5 aliphatic heterocycles.